The summed E-state index contributed by atoms with van der Waals surface area (Å²) in [5, 5.41) is 1.45. The molecule has 3 rings (SSSR count). The third-order valence-electron chi connectivity index (χ3n) is 3.19. The second-order valence-corrected chi connectivity index (χ2v) is 9.25. The SMILES string of the molecule is CC(C)(C)c1sc2ccccc2c1[Se]c1ccccc1. The van der Waals surface area contributed by atoms with Crippen LogP contribution in [0.25, 0.3) is 10.1 Å². The Hall–Kier alpha value is -1.08. The van der Waals surface area contributed by atoms with Crippen molar-refractivity contribution >= 4 is 45.3 Å². The van der Waals surface area contributed by atoms with Gasteiger partial charge < -0.3 is 0 Å². The number of hydrogen-bond acceptors (Lipinski definition) is 1. The Morgan fingerprint density at radius 1 is 0.850 bits per heavy atom. The van der Waals surface area contributed by atoms with E-state index in [0.717, 1.165) is 0 Å². The van der Waals surface area contributed by atoms with Gasteiger partial charge in [0.1, 0.15) is 0 Å². The third-order valence-corrected chi connectivity index (χ3v) is 7.47. The summed E-state index contributed by atoms with van der Waals surface area (Å²) in [6.07, 6.45) is 0. The van der Waals surface area contributed by atoms with E-state index in [0.29, 0.717) is 15.0 Å². The van der Waals surface area contributed by atoms with Crippen LogP contribution in [0.5, 0.6) is 0 Å². The minimum absolute atomic E-state index is 0.218. The Balaban J connectivity index is 2.16. The Morgan fingerprint density at radius 3 is 2.20 bits per heavy atom. The summed E-state index contributed by atoms with van der Waals surface area (Å²) in [5.74, 6) is 0. The predicted octanol–water partition coefficient (Wildman–Crippen LogP) is 3.85. The first-order valence-corrected chi connectivity index (χ1v) is 9.33. The number of hydrogen-bond donors (Lipinski definition) is 0. The van der Waals surface area contributed by atoms with Gasteiger partial charge in [-0.25, -0.2) is 0 Å². The summed E-state index contributed by atoms with van der Waals surface area (Å²) in [6.45, 7) is 6.97. The van der Waals surface area contributed by atoms with Crippen LogP contribution in [0.15, 0.2) is 54.6 Å². The summed E-state index contributed by atoms with van der Waals surface area (Å²) < 4.78 is 4.44. The molecule has 0 saturated carbocycles. The van der Waals surface area contributed by atoms with Crippen molar-refractivity contribution in [2.24, 2.45) is 0 Å². The molecule has 0 radical (unpaired) electrons. The molecule has 0 amide bonds. The van der Waals surface area contributed by atoms with E-state index in [4.69, 9.17) is 0 Å². The van der Waals surface area contributed by atoms with Crippen LogP contribution in [-0.2, 0) is 5.41 Å². The molecule has 0 atom stereocenters. The van der Waals surface area contributed by atoms with Gasteiger partial charge in [-0.3, -0.25) is 0 Å². The molecule has 0 nitrogen and oxygen atoms in total. The molecule has 3 aromatic rings. The molecule has 0 unspecified atom stereocenters. The summed E-state index contributed by atoms with van der Waals surface area (Å²) in [5.41, 5.74) is 0.218. The number of benzene rings is 2. The topological polar surface area (TPSA) is 0 Å². The standard InChI is InChI=1S/C18H18SSe/c1-18(2,3)17-16(20-13-9-5-4-6-10-13)14-11-7-8-12-15(14)19-17/h4-12H,1-3H3. The average molecular weight is 345 g/mol. The molecule has 1 aromatic heterocycles. The first kappa shape index (κ1) is 13.9. The molecule has 0 fully saturated rings. The van der Waals surface area contributed by atoms with Gasteiger partial charge in [0.15, 0.2) is 0 Å². The van der Waals surface area contributed by atoms with Gasteiger partial charge >= 0.3 is 131 Å². The van der Waals surface area contributed by atoms with E-state index in [9.17, 15) is 0 Å². The normalized spacial score (nSPS) is 11.9. The van der Waals surface area contributed by atoms with Crippen LogP contribution < -0.4 is 8.92 Å². The van der Waals surface area contributed by atoms with Crippen molar-refractivity contribution in [1.29, 1.82) is 0 Å². The van der Waals surface area contributed by atoms with Crippen LogP contribution in [0.1, 0.15) is 25.6 Å². The molecule has 0 saturated heterocycles. The summed E-state index contributed by atoms with van der Waals surface area (Å²) in [4.78, 5) is 1.54. The molecule has 20 heavy (non-hydrogen) atoms. The number of fused-ring (bicyclic) bond motifs is 1. The zero-order chi connectivity index (χ0) is 14.2. The van der Waals surface area contributed by atoms with Gasteiger partial charge in [-0.05, 0) is 0 Å². The molecule has 0 bridgehead atoms. The van der Waals surface area contributed by atoms with Crippen LogP contribution in [0.3, 0.4) is 0 Å². The molecule has 0 aliphatic heterocycles. The van der Waals surface area contributed by atoms with Crippen LogP contribution in [-0.4, -0.2) is 15.0 Å². The minimum atomic E-state index is 0.218. The Labute approximate surface area is 131 Å². The predicted molar refractivity (Wildman–Crippen MR) is 92.0 cm³/mol. The molecule has 0 N–H and O–H groups in total. The van der Waals surface area contributed by atoms with Gasteiger partial charge in [-0.1, -0.05) is 0 Å². The van der Waals surface area contributed by atoms with Crippen molar-refractivity contribution in [1.82, 2.24) is 0 Å². The van der Waals surface area contributed by atoms with Crippen molar-refractivity contribution < 1.29 is 0 Å². The van der Waals surface area contributed by atoms with E-state index in [1.807, 2.05) is 11.3 Å². The third kappa shape index (κ3) is 2.69. The molecular formula is C18H18SSe. The van der Waals surface area contributed by atoms with Gasteiger partial charge in [0, 0.05) is 0 Å². The Bertz CT molecular complexity index is 720. The van der Waals surface area contributed by atoms with Gasteiger partial charge in [0.05, 0.1) is 0 Å². The summed E-state index contributed by atoms with van der Waals surface area (Å²) >= 11 is 2.34. The van der Waals surface area contributed by atoms with Crippen molar-refractivity contribution in [3.63, 3.8) is 0 Å². The zero-order valence-corrected chi connectivity index (χ0v) is 14.5. The molecule has 2 heteroatoms. The van der Waals surface area contributed by atoms with Gasteiger partial charge in [0.25, 0.3) is 0 Å². The van der Waals surface area contributed by atoms with Crippen LogP contribution in [0, 0.1) is 0 Å². The Morgan fingerprint density at radius 2 is 1.50 bits per heavy atom. The van der Waals surface area contributed by atoms with Crippen molar-refractivity contribution in [2.45, 2.75) is 26.2 Å². The number of rotatable bonds is 2. The summed E-state index contributed by atoms with van der Waals surface area (Å²) in [7, 11) is 0. The molecule has 2 aromatic carbocycles. The fourth-order valence-corrected chi connectivity index (χ4v) is 6.55. The van der Waals surface area contributed by atoms with Gasteiger partial charge in [-0.2, -0.15) is 0 Å². The molecule has 0 spiro atoms. The first-order valence-electron chi connectivity index (χ1n) is 6.80. The van der Waals surface area contributed by atoms with Crippen molar-refractivity contribution in [3.05, 3.63) is 59.5 Å². The van der Waals surface area contributed by atoms with Crippen LogP contribution >= 0.6 is 11.3 Å². The molecule has 0 aliphatic carbocycles. The maximum atomic E-state index is 2.32. The average Bonchev–Trinajstić information content (AvgIpc) is 2.79. The van der Waals surface area contributed by atoms with E-state index in [1.54, 1.807) is 9.34 Å². The van der Waals surface area contributed by atoms with Crippen LogP contribution in [0.2, 0.25) is 0 Å². The number of thiophene rings is 1. The summed E-state index contributed by atoms with van der Waals surface area (Å²) in [6, 6.07) is 19.7. The van der Waals surface area contributed by atoms with E-state index in [1.165, 1.54) is 14.5 Å². The van der Waals surface area contributed by atoms with Gasteiger partial charge in [0.2, 0.25) is 0 Å². The second-order valence-electron chi connectivity index (χ2n) is 5.92. The maximum absolute atomic E-state index is 2.32. The van der Waals surface area contributed by atoms with Crippen molar-refractivity contribution in [2.75, 3.05) is 0 Å². The fourth-order valence-electron chi connectivity index (χ4n) is 2.22. The fraction of sp³-hybridized carbons (Fsp3) is 0.222. The van der Waals surface area contributed by atoms with Crippen LogP contribution in [0.4, 0.5) is 0 Å². The van der Waals surface area contributed by atoms with E-state index < -0.39 is 0 Å². The van der Waals surface area contributed by atoms with E-state index in [-0.39, 0.29) is 5.41 Å². The molecule has 1 heterocycles. The molecular weight excluding hydrogens is 327 g/mol. The van der Waals surface area contributed by atoms with E-state index >= 15 is 0 Å². The monoisotopic (exact) mass is 346 g/mol. The van der Waals surface area contributed by atoms with Crippen molar-refractivity contribution in [3.8, 4) is 0 Å². The molecule has 102 valence electrons. The van der Waals surface area contributed by atoms with Gasteiger partial charge in [-0.15, -0.1) is 0 Å². The Kier molecular flexibility index (Phi) is 3.72. The van der Waals surface area contributed by atoms with E-state index in [2.05, 4.69) is 75.4 Å². The zero-order valence-electron chi connectivity index (χ0n) is 12.0. The molecule has 0 aliphatic rings. The quantitative estimate of drug-likeness (QED) is 0.619. The first-order chi connectivity index (χ1) is 9.55. The second kappa shape index (κ2) is 5.37.